The molecule has 0 fully saturated rings. The molecule has 0 unspecified atom stereocenters. The van der Waals surface area contributed by atoms with Crippen LogP contribution in [0.2, 0.25) is 0 Å². The second kappa shape index (κ2) is 14.0. The first-order valence-electron chi connectivity index (χ1n) is 16.3. The van der Waals surface area contributed by atoms with E-state index in [2.05, 4.69) is 267 Å². The number of hydrogen-bond acceptors (Lipinski definition) is 0. The lowest BCUT2D eigenvalue weighted by atomic mass is 9.78. The minimum absolute atomic E-state index is 0.0266. The van der Waals surface area contributed by atoms with E-state index in [1.165, 1.54) is 87.5 Å². The summed E-state index contributed by atoms with van der Waals surface area (Å²) in [5, 5.41) is 5.43. The highest BCUT2D eigenvalue weighted by Gasteiger charge is 2.30. The van der Waals surface area contributed by atoms with Crippen LogP contribution in [0.3, 0.4) is 0 Å². The van der Waals surface area contributed by atoms with E-state index in [9.17, 15) is 0 Å². The summed E-state index contributed by atoms with van der Waals surface area (Å²) >= 11 is 15.8. The van der Waals surface area contributed by atoms with Gasteiger partial charge in [-0.3, -0.25) is 0 Å². The molecule has 0 bridgehead atoms. The maximum atomic E-state index is 2.64. The Bertz CT molecular complexity index is 1910. The summed E-state index contributed by atoms with van der Waals surface area (Å²) in [7, 11) is 0. The normalized spacial score (nSPS) is 13.2. The Morgan fingerprint density at radius 1 is 0.292 bits per heavy atom. The molecular formula is C42H44I6. The monoisotopic (exact) mass is 1310 g/mol. The number of rotatable bonds is 2. The van der Waals surface area contributed by atoms with Crippen LogP contribution in [-0.2, 0) is 21.7 Å². The molecule has 0 atom stereocenters. The molecule has 0 heterocycles. The number of halogens is 6. The van der Waals surface area contributed by atoms with Gasteiger partial charge in [-0.15, -0.1) is 0 Å². The summed E-state index contributed by atoms with van der Waals surface area (Å²) in [5.74, 6) is 0. The van der Waals surface area contributed by atoms with Crippen LogP contribution >= 0.6 is 136 Å². The Labute approximate surface area is 370 Å². The third-order valence-corrected chi connectivity index (χ3v) is 14.4. The minimum Gasteiger partial charge on any atom is -0.0561 e. The van der Waals surface area contributed by atoms with Gasteiger partial charge in [0.05, 0.1) is 0 Å². The van der Waals surface area contributed by atoms with Crippen LogP contribution in [0.25, 0.3) is 43.8 Å². The van der Waals surface area contributed by atoms with Crippen molar-refractivity contribution in [3.63, 3.8) is 0 Å². The Balaban J connectivity index is 2.17. The van der Waals surface area contributed by atoms with Gasteiger partial charge < -0.3 is 0 Å². The van der Waals surface area contributed by atoms with Crippen molar-refractivity contribution in [3.05, 3.63) is 92.2 Å². The Morgan fingerprint density at radius 3 is 0.729 bits per heavy atom. The van der Waals surface area contributed by atoms with Crippen LogP contribution in [0.5, 0.6) is 0 Å². The lowest BCUT2D eigenvalue weighted by Crippen LogP contribution is -2.14. The average molecular weight is 1310 g/mol. The Morgan fingerprint density at radius 2 is 0.500 bits per heavy atom. The molecule has 0 aromatic heterocycles. The molecule has 0 radical (unpaired) electrons. The number of hydrogen-bond donors (Lipinski definition) is 0. The van der Waals surface area contributed by atoms with Crippen molar-refractivity contribution in [2.75, 3.05) is 0 Å². The molecular weight excluding hydrogens is 1270 g/mol. The molecule has 5 rings (SSSR count). The quantitative estimate of drug-likeness (QED) is 0.122. The first kappa shape index (κ1) is 40.2. The van der Waals surface area contributed by atoms with Crippen molar-refractivity contribution in [1.82, 2.24) is 0 Å². The first-order chi connectivity index (χ1) is 21.8. The zero-order valence-electron chi connectivity index (χ0n) is 29.9. The molecule has 0 aliphatic heterocycles. The van der Waals surface area contributed by atoms with Gasteiger partial charge in [0.15, 0.2) is 0 Å². The zero-order valence-corrected chi connectivity index (χ0v) is 42.8. The van der Waals surface area contributed by atoms with Crippen LogP contribution in [0, 0.1) is 21.4 Å². The van der Waals surface area contributed by atoms with Crippen molar-refractivity contribution in [2.45, 2.75) is 105 Å². The SMILES string of the molecule is CC(C)(C)c1cc(I)c(-c2c(-c3c(I)cc(C(C)(C)C)cc3I)c3c(I)cc(C(C)(C)C)cc3c3cc(C(C)(C)C)cc(I)c23)c(I)c1. The van der Waals surface area contributed by atoms with Crippen molar-refractivity contribution in [2.24, 2.45) is 0 Å². The van der Waals surface area contributed by atoms with Gasteiger partial charge in [-0.25, -0.2) is 0 Å². The maximum absolute atomic E-state index is 2.64. The summed E-state index contributed by atoms with van der Waals surface area (Å²) < 4.78 is 7.85. The Hall–Kier alpha value is 1.000. The van der Waals surface area contributed by atoms with Crippen LogP contribution in [0.15, 0.2) is 48.5 Å². The van der Waals surface area contributed by atoms with Crippen molar-refractivity contribution < 1.29 is 0 Å². The van der Waals surface area contributed by atoms with E-state index in [0.717, 1.165) is 0 Å². The van der Waals surface area contributed by atoms with Gasteiger partial charge in [0, 0.05) is 54.4 Å². The summed E-state index contributed by atoms with van der Waals surface area (Å²) in [6, 6.07) is 19.6. The molecule has 0 nitrogen and oxygen atoms in total. The molecule has 0 saturated carbocycles. The third kappa shape index (κ3) is 7.79. The fourth-order valence-corrected chi connectivity index (χ4v) is 12.7. The maximum Gasteiger partial charge on any atom is 0.0222 e. The van der Waals surface area contributed by atoms with E-state index in [1.54, 1.807) is 0 Å². The molecule has 5 aromatic rings. The molecule has 0 saturated heterocycles. The molecule has 0 N–H and O–H groups in total. The summed E-state index contributed by atoms with van der Waals surface area (Å²) in [5.41, 5.74) is 11.1. The van der Waals surface area contributed by atoms with Gasteiger partial charge in [-0.2, -0.15) is 0 Å². The standard InChI is InChI=1S/C42H44I6/c1-39(2,3)21-13-25-26-14-22(40(4,5)6)16-28(44)34(26)38(36-31(47)19-24(20-32(36)48)42(10,11)12)37(33(25)27(43)15-21)35-29(45)17-23(18-30(35)46)41(7,8)9/h13-20H,1-12H3. The summed E-state index contributed by atoms with van der Waals surface area (Å²) in [6.45, 7) is 27.9. The van der Waals surface area contributed by atoms with E-state index >= 15 is 0 Å². The van der Waals surface area contributed by atoms with Gasteiger partial charge in [0.25, 0.3) is 0 Å². The molecule has 48 heavy (non-hydrogen) atoms. The highest BCUT2D eigenvalue weighted by molar-refractivity contribution is 14.1. The van der Waals surface area contributed by atoms with Gasteiger partial charge in [-0.05, 0) is 239 Å². The van der Waals surface area contributed by atoms with E-state index in [1.807, 2.05) is 0 Å². The zero-order chi connectivity index (χ0) is 36.0. The average Bonchev–Trinajstić information content (AvgIpc) is 2.90. The van der Waals surface area contributed by atoms with Crippen LogP contribution in [0.4, 0.5) is 0 Å². The van der Waals surface area contributed by atoms with E-state index in [-0.39, 0.29) is 21.7 Å². The van der Waals surface area contributed by atoms with Crippen molar-refractivity contribution in [3.8, 4) is 22.3 Å². The topological polar surface area (TPSA) is 0 Å². The van der Waals surface area contributed by atoms with Crippen molar-refractivity contribution in [1.29, 1.82) is 0 Å². The molecule has 0 aliphatic rings. The van der Waals surface area contributed by atoms with E-state index < -0.39 is 0 Å². The number of benzene rings is 5. The predicted octanol–water partition coefficient (Wildman–Crippen LogP) is 16.1. The molecule has 0 amide bonds. The lowest BCUT2D eigenvalue weighted by molar-refractivity contribution is 0.589. The third-order valence-electron chi connectivity index (χ3n) is 9.27. The van der Waals surface area contributed by atoms with Crippen LogP contribution < -0.4 is 0 Å². The van der Waals surface area contributed by atoms with Gasteiger partial charge >= 0.3 is 0 Å². The van der Waals surface area contributed by atoms with Crippen LogP contribution in [0.1, 0.15) is 105 Å². The van der Waals surface area contributed by atoms with Crippen LogP contribution in [-0.4, -0.2) is 0 Å². The molecule has 6 heteroatoms. The van der Waals surface area contributed by atoms with Crippen molar-refractivity contribution >= 4 is 157 Å². The smallest absolute Gasteiger partial charge is 0.0222 e. The Kier molecular flexibility index (Phi) is 11.7. The van der Waals surface area contributed by atoms with E-state index in [0.29, 0.717) is 0 Å². The molecule has 5 aromatic carbocycles. The highest BCUT2D eigenvalue weighted by Crippen LogP contribution is 2.53. The van der Waals surface area contributed by atoms with E-state index in [4.69, 9.17) is 0 Å². The highest BCUT2D eigenvalue weighted by atomic mass is 127. The summed E-state index contributed by atoms with van der Waals surface area (Å²) in [6.07, 6.45) is 0. The second-order valence-corrected chi connectivity index (χ2v) is 24.1. The number of fused-ring (bicyclic) bond motifs is 3. The molecule has 0 aliphatic carbocycles. The molecule has 254 valence electrons. The first-order valence-corrected chi connectivity index (χ1v) is 22.7. The van der Waals surface area contributed by atoms with Gasteiger partial charge in [0.2, 0.25) is 0 Å². The van der Waals surface area contributed by atoms with Gasteiger partial charge in [-0.1, -0.05) is 83.1 Å². The summed E-state index contributed by atoms with van der Waals surface area (Å²) in [4.78, 5) is 0. The predicted molar refractivity (Wildman–Crippen MR) is 263 cm³/mol. The lowest BCUT2D eigenvalue weighted by Gasteiger charge is -2.29. The fourth-order valence-electron chi connectivity index (χ4n) is 6.25. The second-order valence-electron chi connectivity index (χ2n) is 17.1. The molecule has 0 spiro atoms. The van der Waals surface area contributed by atoms with Gasteiger partial charge in [0.1, 0.15) is 0 Å². The largest absolute Gasteiger partial charge is 0.0561 e. The fraction of sp³-hybridized carbons (Fsp3) is 0.381. The minimum atomic E-state index is 0.0266.